The second kappa shape index (κ2) is 4.34. The molecule has 2 N–H and O–H groups in total. The Bertz CT molecular complexity index is 275. The first-order chi connectivity index (χ1) is 7.86. The SMILES string of the molecule is O=C1NCC2C1CCCN2C1CCCNC1. The van der Waals surface area contributed by atoms with Crippen molar-refractivity contribution in [2.75, 3.05) is 26.2 Å². The van der Waals surface area contributed by atoms with Gasteiger partial charge in [0.15, 0.2) is 0 Å². The molecule has 3 saturated heterocycles. The zero-order valence-electron chi connectivity index (χ0n) is 9.74. The highest BCUT2D eigenvalue weighted by Crippen LogP contribution is 2.30. The van der Waals surface area contributed by atoms with Crippen molar-refractivity contribution in [1.29, 1.82) is 0 Å². The number of nitrogens with zero attached hydrogens (tertiary/aromatic N) is 1. The van der Waals surface area contributed by atoms with Gasteiger partial charge in [0, 0.05) is 25.2 Å². The van der Waals surface area contributed by atoms with E-state index in [9.17, 15) is 4.79 Å². The van der Waals surface area contributed by atoms with Crippen molar-refractivity contribution in [3.05, 3.63) is 0 Å². The standard InChI is InChI=1S/C12H21N3O/c16-12-10-4-2-6-15(11(10)8-14-12)9-3-1-5-13-7-9/h9-11,13H,1-8H2,(H,14,16). The van der Waals surface area contributed by atoms with Gasteiger partial charge in [-0.2, -0.15) is 0 Å². The molecule has 0 bridgehead atoms. The van der Waals surface area contributed by atoms with E-state index in [0.717, 1.165) is 26.1 Å². The molecule has 90 valence electrons. The maximum absolute atomic E-state index is 11.7. The number of nitrogens with one attached hydrogen (secondary N) is 2. The second-order valence-electron chi connectivity index (χ2n) is 5.30. The monoisotopic (exact) mass is 223 g/mol. The maximum atomic E-state index is 11.7. The molecule has 3 fully saturated rings. The molecule has 4 nitrogen and oxygen atoms in total. The minimum Gasteiger partial charge on any atom is -0.354 e. The van der Waals surface area contributed by atoms with Crippen molar-refractivity contribution in [1.82, 2.24) is 15.5 Å². The van der Waals surface area contributed by atoms with E-state index < -0.39 is 0 Å². The number of hydrogen-bond donors (Lipinski definition) is 2. The van der Waals surface area contributed by atoms with Crippen molar-refractivity contribution < 1.29 is 4.79 Å². The molecule has 0 aromatic heterocycles. The number of likely N-dealkylation sites (tertiary alicyclic amines) is 1. The summed E-state index contributed by atoms with van der Waals surface area (Å²) in [6.45, 7) is 4.33. The van der Waals surface area contributed by atoms with Crippen molar-refractivity contribution in [3.63, 3.8) is 0 Å². The van der Waals surface area contributed by atoms with Crippen LogP contribution in [0.5, 0.6) is 0 Å². The number of amides is 1. The average molecular weight is 223 g/mol. The van der Waals surface area contributed by atoms with Crippen LogP contribution in [-0.2, 0) is 4.79 Å². The number of carbonyl (C=O) groups is 1. The molecular weight excluding hydrogens is 202 g/mol. The van der Waals surface area contributed by atoms with Gasteiger partial charge in [-0.25, -0.2) is 0 Å². The fourth-order valence-corrected chi connectivity index (χ4v) is 3.55. The Hall–Kier alpha value is -0.610. The molecule has 3 aliphatic rings. The third-order valence-electron chi connectivity index (χ3n) is 4.38. The number of fused-ring (bicyclic) bond motifs is 1. The molecule has 3 rings (SSSR count). The molecule has 3 aliphatic heterocycles. The second-order valence-corrected chi connectivity index (χ2v) is 5.30. The first-order valence-corrected chi connectivity index (χ1v) is 6.60. The highest BCUT2D eigenvalue weighted by molar-refractivity contribution is 5.82. The summed E-state index contributed by atoms with van der Waals surface area (Å²) >= 11 is 0. The predicted octanol–water partition coefficient (Wildman–Crippen LogP) is -0.0512. The summed E-state index contributed by atoms with van der Waals surface area (Å²) in [6, 6.07) is 1.14. The molecule has 3 atom stereocenters. The van der Waals surface area contributed by atoms with Crippen LogP contribution >= 0.6 is 0 Å². The van der Waals surface area contributed by atoms with E-state index in [-0.39, 0.29) is 5.92 Å². The molecule has 0 radical (unpaired) electrons. The van der Waals surface area contributed by atoms with E-state index in [1.807, 2.05) is 0 Å². The summed E-state index contributed by atoms with van der Waals surface area (Å²) in [7, 11) is 0. The lowest BCUT2D eigenvalue weighted by molar-refractivity contribution is -0.124. The molecule has 0 aromatic carbocycles. The number of piperidine rings is 2. The van der Waals surface area contributed by atoms with Gasteiger partial charge in [-0.3, -0.25) is 9.69 Å². The number of carbonyl (C=O) groups excluding carboxylic acids is 1. The van der Waals surface area contributed by atoms with Gasteiger partial charge in [-0.15, -0.1) is 0 Å². The lowest BCUT2D eigenvalue weighted by Crippen LogP contribution is -2.55. The molecule has 0 aromatic rings. The summed E-state index contributed by atoms with van der Waals surface area (Å²) in [4.78, 5) is 14.3. The van der Waals surface area contributed by atoms with Gasteiger partial charge in [0.25, 0.3) is 0 Å². The number of hydrogen-bond acceptors (Lipinski definition) is 3. The lowest BCUT2D eigenvalue weighted by atomic mass is 9.89. The summed E-state index contributed by atoms with van der Waals surface area (Å²) in [5.41, 5.74) is 0. The van der Waals surface area contributed by atoms with Crippen LogP contribution in [-0.4, -0.2) is 49.1 Å². The van der Waals surface area contributed by atoms with Crippen LogP contribution in [0.1, 0.15) is 25.7 Å². The predicted molar refractivity (Wildman–Crippen MR) is 62.1 cm³/mol. The molecular formula is C12H21N3O. The molecule has 0 spiro atoms. The van der Waals surface area contributed by atoms with Crippen molar-refractivity contribution >= 4 is 5.91 Å². The Kier molecular flexibility index (Phi) is 2.86. The minimum absolute atomic E-state index is 0.274. The fraction of sp³-hybridized carbons (Fsp3) is 0.917. The van der Waals surface area contributed by atoms with Crippen LogP contribution in [0.4, 0.5) is 0 Å². The molecule has 0 aliphatic carbocycles. The largest absolute Gasteiger partial charge is 0.354 e. The normalized spacial score (nSPS) is 40.5. The van der Waals surface area contributed by atoms with Gasteiger partial charge in [-0.1, -0.05) is 0 Å². The van der Waals surface area contributed by atoms with Gasteiger partial charge in [0.05, 0.1) is 5.92 Å². The fourth-order valence-electron chi connectivity index (χ4n) is 3.55. The average Bonchev–Trinajstić information content (AvgIpc) is 2.73. The Morgan fingerprint density at radius 1 is 1.19 bits per heavy atom. The smallest absolute Gasteiger partial charge is 0.224 e. The Morgan fingerprint density at radius 2 is 2.12 bits per heavy atom. The minimum atomic E-state index is 0.274. The van der Waals surface area contributed by atoms with E-state index in [1.165, 1.54) is 25.8 Å². The summed E-state index contributed by atoms with van der Waals surface area (Å²) in [6.07, 6.45) is 4.85. The Labute approximate surface area is 96.8 Å². The van der Waals surface area contributed by atoms with Crippen LogP contribution in [0.2, 0.25) is 0 Å². The van der Waals surface area contributed by atoms with Crippen LogP contribution in [0.25, 0.3) is 0 Å². The Morgan fingerprint density at radius 3 is 2.94 bits per heavy atom. The van der Waals surface area contributed by atoms with Crippen LogP contribution < -0.4 is 10.6 Å². The quantitative estimate of drug-likeness (QED) is 0.655. The molecule has 3 heterocycles. The molecule has 4 heteroatoms. The van der Waals surface area contributed by atoms with Gasteiger partial charge in [-0.05, 0) is 38.8 Å². The van der Waals surface area contributed by atoms with Crippen LogP contribution in [0.15, 0.2) is 0 Å². The zero-order valence-corrected chi connectivity index (χ0v) is 9.74. The maximum Gasteiger partial charge on any atom is 0.224 e. The van der Waals surface area contributed by atoms with Crippen molar-refractivity contribution in [2.24, 2.45) is 5.92 Å². The first-order valence-electron chi connectivity index (χ1n) is 6.60. The summed E-state index contributed by atoms with van der Waals surface area (Å²) in [5.74, 6) is 0.564. The van der Waals surface area contributed by atoms with E-state index in [2.05, 4.69) is 15.5 Å². The van der Waals surface area contributed by atoms with Crippen LogP contribution in [0, 0.1) is 5.92 Å². The summed E-state index contributed by atoms with van der Waals surface area (Å²) in [5, 5.41) is 6.51. The van der Waals surface area contributed by atoms with E-state index in [4.69, 9.17) is 0 Å². The molecule has 1 amide bonds. The highest BCUT2D eigenvalue weighted by atomic mass is 16.2. The number of rotatable bonds is 1. The molecule has 16 heavy (non-hydrogen) atoms. The highest BCUT2D eigenvalue weighted by Gasteiger charge is 2.42. The zero-order chi connectivity index (χ0) is 11.0. The van der Waals surface area contributed by atoms with Gasteiger partial charge >= 0.3 is 0 Å². The molecule has 3 unspecified atom stereocenters. The van der Waals surface area contributed by atoms with E-state index in [0.29, 0.717) is 18.0 Å². The summed E-state index contributed by atoms with van der Waals surface area (Å²) < 4.78 is 0. The third-order valence-corrected chi connectivity index (χ3v) is 4.38. The first kappa shape index (κ1) is 10.5. The topological polar surface area (TPSA) is 44.4 Å². The lowest BCUT2D eigenvalue weighted by Gasteiger charge is -2.43. The van der Waals surface area contributed by atoms with Crippen molar-refractivity contribution in [3.8, 4) is 0 Å². The van der Waals surface area contributed by atoms with Gasteiger partial charge in [0.1, 0.15) is 0 Å². The van der Waals surface area contributed by atoms with E-state index in [1.54, 1.807) is 0 Å². The van der Waals surface area contributed by atoms with Gasteiger partial charge in [0.2, 0.25) is 5.91 Å². The molecule has 0 saturated carbocycles. The van der Waals surface area contributed by atoms with Crippen molar-refractivity contribution in [2.45, 2.75) is 37.8 Å². The van der Waals surface area contributed by atoms with Gasteiger partial charge < -0.3 is 10.6 Å². The Balaban J connectivity index is 1.71. The van der Waals surface area contributed by atoms with Crippen LogP contribution in [0.3, 0.4) is 0 Å². The third kappa shape index (κ3) is 1.74. The van der Waals surface area contributed by atoms with E-state index >= 15 is 0 Å².